The highest BCUT2D eigenvalue weighted by Crippen LogP contribution is 2.22. The van der Waals surface area contributed by atoms with E-state index in [0.717, 1.165) is 10.6 Å². The van der Waals surface area contributed by atoms with Gasteiger partial charge in [0.15, 0.2) is 0 Å². The van der Waals surface area contributed by atoms with E-state index in [-0.39, 0.29) is 0 Å². The number of aromatic nitrogens is 3. The predicted molar refractivity (Wildman–Crippen MR) is 60.9 cm³/mol. The number of amides is 2. The summed E-state index contributed by atoms with van der Waals surface area (Å²) in [5, 5.41) is 1.71. The van der Waals surface area contributed by atoms with Crippen LogP contribution in [-0.4, -0.2) is 51.3 Å². The monoisotopic (exact) mass is 415 g/mol. The molecule has 0 aliphatic rings. The smallest absolute Gasteiger partial charge is 0.384 e. The van der Waals surface area contributed by atoms with Gasteiger partial charge in [0, 0.05) is 0 Å². The molecule has 0 bridgehead atoms. The molecular formula is C9H2F9N5O4. The summed E-state index contributed by atoms with van der Waals surface area (Å²) in [5.74, 6) is -11.7. The van der Waals surface area contributed by atoms with Gasteiger partial charge in [0.25, 0.3) is 0 Å². The first kappa shape index (κ1) is 21.8. The number of nitrogens with zero attached hydrogens (tertiary/aromatic N) is 3. The zero-order valence-electron chi connectivity index (χ0n) is 11.9. The Morgan fingerprint density at radius 2 is 1.04 bits per heavy atom. The van der Waals surface area contributed by atoms with Crippen molar-refractivity contribution >= 4 is 29.7 Å². The molecule has 1 aromatic heterocycles. The number of carbonyl (C=O) groups excluding carboxylic acids is 3. The van der Waals surface area contributed by atoms with E-state index in [1.807, 2.05) is 0 Å². The molecule has 150 valence electrons. The molecule has 0 spiro atoms. The minimum Gasteiger partial charge on any atom is -0.384 e. The fourth-order valence-corrected chi connectivity index (χ4v) is 1.000. The topological polar surface area (TPSA) is 123 Å². The van der Waals surface area contributed by atoms with Crippen molar-refractivity contribution in [1.82, 2.24) is 15.0 Å². The van der Waals surface area contributed by atoms with Crippen LogP contribution in [-0.2, 0) is 14.4 Å². The molecule has 18 heteroatoms. The van der Waals surface area contributed by atoms with Gasteiger partial charge in [-0.2, -0.15) is 54.5 Å². The number of rotatable bonds is 3. The Bertz CT molecular complexity index is 645. The molecule has 1 heterocycles. The largest absolute Gasteiger partial charge is 0.491 e. The van der Waals surface area contributed by atoms with Crippen LogP contribution in [0.1, 0.15) is 0 Å². The Labute approximate surface area is 139 Å². The number of carbonyl (C=O) groups is 3. The van der Waals surface area contributed by atoms with Crippen molar-refractivity contribution < 1.29 is 58.6 Å². The molecule has 0 aliphatic carbocycles. The lowest BCUT2D eigenvalue weighted by Gasteiger charge is -2.11. The maximum atomic E-state index is 12.1. The third-order valence-corrected chi connectivity index (χ3v) is 2.00. The van der Waals surface area contributed by atoms with Gasteiger partial charge in [-0.15, -0.1) is 0 Å². The maximum absolute atomic E-state index is 12.1. The molecule has 27 heavy (non-hydrogen) atoms. The molecule has 0 saturated heterocycles. The van der Waals surface area contributed by atoms with E-state index >= 15 is 0 Å². The van der Waals surface area contributed by atoms with E-state index in [4.69, 9.17) is 0 Å². The van der Waals surface area contributed by atoms with Crippen LogP contribution in [0, 0.1) is 0 Å². The van der Waals surface area contributed by atoms with Gasteiger partial charge >= 0.3 is 42.3 Å². The minimum absolute atomic E-state index is 0.855. The minimum atomic E-state index is -5.64. The van der Waals surface area contributed by atoms with Crippen molar-refractivity contribution in [3.63, 3.8) is 0 Å². The van der Waals surface area contributed by atoms with Gasteiger partial charge in [-0.1, -0.05) is 0 Å². The van der Waals surface area contributed by atoms with Crippen LogP contribution >= 0.6 is 0 Å². The van der Waals surface area contributed by atoms with Crippen molar-refractivity contribution in [3.05, 3.63) is 0 Å². The summed E-state index contributed by atoms with van der Waals surface area (Å²) in [6.45, 7) is 0. The van der Waals surface area contributed by atoms with Gasteiger partial charge in [-0.25, -0.2) is 4.79 Å². The van der Waals surface area contributed by atoms with Gasteiger partial charge in [0.05, 0.1) is 0 Å². The Kier molecular flexibility index (Phi) is 5.81. The summed E-state index contributed by atoms with van der Waals surface area (Å²) in [6, 6.07) is -1.76. The van der Waals surface area contributed by atoms with E-state index in [2.05, 4.69) is 19.7 Å². The zero-order valence-corrected chi connectivity index (χ0v) is 11.9. The molecule has 0 aromatic carbocycles. The Morgan fingerprint density at radius 1 is 0.667 bits per heavy atom. The van der Waals surface area contributed by atoms with E-state index in [1.165, 1.54) is 0 Å². The second-order valence-corrected chi connectivity index (χ2v) is 4.06. The van der Waals surface area contributed by atoms with Crippen LogP contribution < -0.4 is 15.4 Å². The summed E-state index contributed by atoms with van der Waals surface area (Å²) in [4.78, 5) is 40.2. The average molecular weight is 415 g/mol. The van der Waals surface area contributed by atoms with Crippen molar-refractivity contribution in [2.75, 3.05) is 10.6 Å². The third-order valence-electron chi connectivity index (χ3n) is 2.00. The molecule has 2 amide bonds. The zero-order chi connectivity index (χ0) is 21.2. The van der Waals surface area contributed by atoms with Crippen LogP contribution in [0.5, 0.6) is 6.01 Å². The Morgan fingerprint density at radius 3 is 1.33 bits per heavy atom. The van der Waals surface area contributed by atoms with E-state index < -0.39 is 54.2 Å². The molecule has 1 rings (SSSR count). The quantitative estimate of drug-likeness (QED) is 0.564. The Hall–Kier alpha value is -3.21. The number of hydrogen-bond donors (Lipinski definition) is 2. The SMILES string of the molecule is O=C(Nc1nc(NC(=O)C(F)(F)F)nc(OC(=O)C(F)(F)F)n1)C(F)(F)F. The third kappa shape index (κ3) is 6.55. The standard InChI is InChI=1S/C9H2F9N5O4/c10-7(11,12)1(24)19-4-21-5(20-2(25)8(13,14)15)23-6(22-4)27-3(26)9(16,17)18/h(H2,19,20,21,22,23,24,25). The van der Waals surface area contributed by atoms with Gasteiger partial charge in [0.2, 0.25) is 11.9 Å². The molecule has 0 radical (unpaired) electrons. The molecule has 0 fully saturated rings. The second kappa shape index (κ2) is 7.19. The molecule has 2 N–H and O–H groups in total. The maximum Gasteiger partial charge on any atom is 0.491 e. The van der Waals surface area contributed by atoms with Gasteiger partial charge in [0.1, 0.15) is 0 Å². The summed E-state index contributed by atoms with van der Waals surface area (Å²) >= 11 is 0. The number of esters is 1. The summed E-state index contributed by atoms with van der Waals surface area (Å²) in [7, 11) is 0. The molecule has 0 aliphatic heterocycles. The molecule has 9 nitrogen and oxygen atoms in total. The van der Waals surface area contributed by atoms with Crippen LogP contribution in [0.2, 0.25) is 0 Å². The highest BCUT2D eigenvalue weighted by atomic mass is 19.4. The number of ether oxygens (including phenoxy) is 1. The first-order valence-electron chi connectivity index (χ1n) is 5.81. The van der Waals surface area contributed by atoms with Gasteiger partial charge in [-0.3, -0.25) is 20.2 Å². The summed E-state index contributed by atoms with van der Waals surface area (Å²) < 4.78 is 113. The summed E-state index contributed by atoms with van der Waals surface area (Å²) in [5.41, 5.74) is 0. The first-order chi connectivity index (χ1) is 12.0. The fourth-order valence-electron chi connectivity index (χ4n) is 1.000. The average Bonchev–Trinajstić information content (AvgIpc) is 2.43. The van der Waals surface area contributed by atoms with Crippen molar-refractivity contribution in [2.24, 2.45) is 0 Å². The van der Waals surface area contributed by atoms with E-state index in [1.54, 1.807) is 0 Å². The predicted octanol–water partition coefficient (Wildman–Crippen LogP) is 1.34. The molecular weight excluding hydrogens is 413 g/mol. The molecule has 0 unspecified atom stereocenters. The molecule has 0 atom stereocenters. The fraction of sp³-hybridized carbons (Fsp3) is 0.333. The van der Waals surface area contributed by atoms with Gasteiger partial charge < -0.3 is 4.74 Å². The lowest BCUT2D eigenvalue weighted by Crippen LogP contribution is -2.33. The molecule has 1 aromatic rings. The van der Waals surface area contributed by atoms with E-state index in [9.17, 15) is 53.9 Å². The normalized spacial score (nSPS) is 12.3. The van der Waals surface area contributed by atoms with Crippen LogP contribution in [0.3, 0.4) is 0 Å². The first-order valence-corrected chi connectivity index (χ1v) is 5.81. The highest BCUT2D eigenvalue weighted by molar-refractivity contribution is 5.95. The summed E-state index contributed by atoms with van der Waals surface area (Å²) in [6.07, 6.45) is -16.7. The number of alkyl halides is 9. The van der Waals surface area contributed by atoms with Crippen LogP contribution in [0.4, 0.5) is 51.4 Å². The number of anilines is 2. The van der Waals surface area contributed by atoms with Crippen molar-refractivity contribution in [1.29, 1.82) is 0 Å². The molecule has 0 saturated carbocycles. The lowest BCUT2D eigenvalue weighted by atomic mass is 10.6. The number of nitrogens with one attached hydrogen (secondary N) is 2. The number of halogens is 9. The second-order valence-electron chi connectivity index (χ2n) is 4.06. The van der Waals surface area contributed by atoms with E-state index in [0.29, 0.717) is 0 Å². The Balaban J connectivity index is 3.24. The lowest BCUT2D eigenvalue weighted by molar-refractivity contribution is -0.190. The number of hydrogen-bond acceptors (Lipinski definition) is 7. The van der Waals surface area contributed by atoms with Crippen LogP contribution in [0.15, 0.2) is 0 Å². The van der Waals surface area contributed by atoms with Gasteiger partial charge in [-0.05, 0) is 0 Å². The van der Waals surface area contributed by atoms with Crippen molar-refractivity contribution in [3.8, 4) is 6.01 Å². The highest BCUT2D eigenvalue weighted by Gasteiger charge is 2.43. The van der Waals surface area contributed by atoms with Crippen LogP contribution in [0.25, 0.3) is 0 Å². The van der Waals surface area contributed by atoms with Crippen molar-refractivity contribution in [2.45, 2.75) is 18.5 Å².